The molecule has 2 saturated carbocycles. The Morgan fingerprint density at radius 1 is 1.39 bits per heavy atom. The average molecular weight is 492 g/mol. The van der Waals surface area contributed by atoms with Crippen LogP contribution in [0.25, 0.3) is 0 Å². The van der Waals surface area contributed by atoms with Crippen LogP contribution in [-0.4, -0.2) is 66.7 Å². The van der Waals surface area contributed by atoms with Gasteiger partial charge >= 0.3 is 11.9 Å². The number of hydrogen-bond donors (Lipinski definition) is 0. The number of carbonyl (C=O) groups excluding carboxylic acids is 1. The molecular formula is C27H28FN4O4+. The summed E-state index contributed by atoms with van der Waals surface area (Å²) in [6.45, 7) is 8.49. The Hall–Kier alpha value is -3.51. The van der Waals surface area contributed by atoms with Crippen LogP contribution in [0, 0.1) is 48.3 Å². The van der Waals surface area contributed by atoms with Crippen molar-refractivity contribution in [3.8, 4) is 18.2 Å². The lowest BCUT2D eigenvalue weighted by atomic mass is 9.54. The molecule has 1 spiro atoms. The molecule has 6 rings (SSSR count). The molecule has 2 aliphatic heterocycles. The van der Waals surface area contributed by atoms with Crippen LogP contribution in [0.1, 0.15) is 24.0 Å². The fourth-order valence-electron chi connectivity index (χ4n) is 5.94. The Kier molecular flexibility index (Phi) is 5.45. The van der Waals surface area contributed by atoms with Crippen molar-refractivity contribution in [1.29, 1.82) is 0 Å². The molecule has 1 aromatic heterocycles. The smallest absolute Gasteiger partial charge is 0.409 e. The number of aryl methyl sites for hydroxylation is 1. The quantitative estimate of drug-likeness (QED) is 0.351. The molecule has 36 heavy (non-hydrogen) atoms. The largest absolute Gasteiger partial charge is 0.471 e. The fourth-order valence-corrected chi connectivity index (χ4v) is 5.94. The van der Waals surface area contributed by atoms with Gasteiger partial charge in [-0.05, 0) is 54.4 Å². The molecule has 2 saturated heterocycles. The summed E-state index contributed by atoms with van der Waals surface area (Å²) in [7, 11) is 0. The zero-order valence-electron chi connectivity index (χ0n) is 20.2. The highest BCUT2D eigenvalue weighted by molar-refractivity contribution is 5.68. The van der Waals surface area contributed by atoms with Gasteiger partial charge in [0, 0.05) is 35.9 Å². The number of ether oxygens (including phenoxy) is 3. The number of likely N-dealkylation sites (tertiary alicyclic amines) is 1. The molecule has 4 atom stereocenters. The monoisotopic (exact) mass is 491 g/mol. The van der Waals surface area contributed by atoms with Crippen molar-refractivity contribution in [3.63, 3.8) is 0 Å². The van der Waals surface area contributed by atoms with Gasteiger partial charge in [0.1, 0.15) is 11.8 Å². The fraction of sp³-hybridized carbons (Fsp3) is 0.481. The van der Waals surface area contributed by atoms with Gasteiger partial charge in [0.25, 0.3) is 11.7 Å². The molecule has 1 amide bonds. The molecule has 0 N–H and O–H groups in total. The predicted molar refractivity (Wildman–Crippen MR) is 130 cm³/mol. The molecule has 3 heterocycles. The lowest BCUT2D eigenvalue weighted by molar-refractivity contribution is -0.103. The SMILES string of the molecule is C#Cc1ccc([N+](=C)c2ncnc(OC3C4COCC45CN(C(=O)OCC4CC4)CC35)c2F)c(C)c1. The normalized spacial score (nSPS) is 28.0. The van der Waals surface area contributed by atoms with Gasteiger partial charge in [-0.3, -0.25) is 0 Å². The second-order valence-corrected chi connectivity index (χ2v) is 10.3. The Balaban J connectivity index is 1.20. The summed E-state index contributed by atoms with van der Waals surface area (Å²) in [6.07, 6.45) is 8.39. The molecule has 4 unspecified atom stereocenters. The van der Waals surface area contributed by atoms with Crippen LogP contribution in [-0.2, 0) is 9.47 Å². The molecule has 4 fully saturated rings. The van der Waals surface area contributed by atoms with Gasteiger partial charge in [0.05, 0.1) is 26.5 Å². The zero-order chi connectivity index (χ0) is 25.0. The van der Waals surface area contributed by atoms with E-state index >= 15 is 4.39 Å². The van der Waals surface area contributed by atoms with Crippen molar-refractivity contribution in [1.82, 2.24) is 19.4 Å². The van der Waals surface area contributed by atoms with E-state index in [1.54, 1.807) is 17.0 Å². The van der Waals surface area contributed by atoms with E-state index in [2.05, 4.69) is 22.6 Å². The van der Waals surface area contributed by atoms with Crippen LogP contribution >= 0.6 is 0 Å². The number of hydrogen-bond acceptors (Lipinski definition) is 6. The molecule has 9 heteroatoms. The lowest BCUT2D eigenvalue weighted by Gasteiger charge is -2.51. The summed E-state index contributed by atoms with van der Waals surface area (Å²) in [5.74, 6) is 2.34. The van der Waals surface area contributed by atoms with E-state index < -0.39 is 5.82 Å². The van der Waals surface area contributed by atoms with Gasteiger partial charge in [-0.1, -0.05) is 5.92 Å². The third-order valence-corrected chi connectivity index (χ3v) is 8.13. The van der Waals surface area contributed by atoms with E-state index in [1.165, 1.54) is 10.9 Å². The summed E-state index contributed by atoms with van der Waals surface area (Å²) in [4.78, 5) is 22.6. The first-order valence-electron chi connectivity index (χ1n) is 12.3. The minimum absolute atomic E-state index is 0.00141. The van der Waals surface area contributed by atoms with E-state index in [0.29, 0.717) is 44.5 Å². The molecule has 0 radical (unpaired) electrons. The van der Waals surface area contributed by atoms with Gasteiger partial charge in [-0.25, -0.2) is 9.37 Å². The summed E-state index contributed by atoms with van der Waals surface area (Å²) in [6, 6.07) is 5.39. The number of nitrogens with zero attached hydrogens (tertiary/aromatic N) is 4. The Labute approximate surface area is 209 Å². The number of benzene rings is 1. The van der Waals surface area contributed by atoms with Crippen molar-refractivity contribution in [3.05, 3.63) is 41.5 Å². The third-order valence-electron chi connectivity index (χ3n) is 8.13. The van der Waals surface area contributed by atoms with E-state index in [4.69, 9.17) is 20.6 Å². The van der Waals surface area contributed by atoms with Gasteiger partial charge in [-0.15, -0.1) is 6.42 Å². The van der Waals surface area contributed by atoms with Crippen LogP contribution in [0.5, 0.6) is 5.88 Å². The third kappa shape index (κ3) is 3.63. The van der Waals surface area contributed by atoms with Crippen molar-refractivity contribution in [2.45, 2.75) is 25.9 Å². The summed E-state index contributed by atoms with van der Waals surface area (Å²) >= 11 is 0. The van der Waals surface area contributed by atoms with E-state index in [9.17, 15) is 4.79 Å². The second-order valence-electron chi connectivity index (χ2n) is 10.3. The zero-order valence-corrected chi connectivity index (χ0v) is 20.2. The van der Waals surface area contributed by atoms with E-state index in [-0.39, 0.29) is 41.1 Å². The van der Waals surface area contributed by atoms with Crippen LogP contribution in [0.2, 0.25) is 0 Å². The van der Waals surface area contributed by atoms with Gasteiger partial charge in [-0.2, -0.15) is 9.37 Å². The van der Waals surface area contributed by atoms with Crippen LogP contribution in [0.15, 0.2) is 24.5 Å². The minimum Gasteiger partial charge on any atom is -0.471 e. The van der Waals surface area contributed by atoms with Crippen LogP contribution in [0.3, 0.4) is 0 Å². The van der Waals surface area contributed by atoms with E-state index in [0.717, 1.165) is 24.0 Å². The molecule has 8 nitrogen and oxygen atoms in total. The second kappa shape index (κ2) is 8.56. The van der Waals surface area contributed by atoms with Gasteiger partial charge < -0.3 is 19.1 Å². The Morgan fingerprint density at radius 3 is 2.97 bits per heavy atom. The molecule has 4 aliphatic rings. The Bertz CT molecular complexity index is 1290. The molecule has 2 aromatic rings. The van der Waals surface area contributed by atoms with Crippen molar-refractivity contribution < 1.29 is 23.4 Å². The highest BCUT2D eigenvalue weighted by Gasteiger charge is 2.70. The lowest BCUT2D eigenvalue weighted by Crippen LogP contribution is -2.61. The molecule has 0 bridgehead atoms. The van der Waals surface area contributed by atoms with E-state index in [1.807, 2.05) is 13.0 Å². The minimum atomic E-state index is -0.692. The molecule has 1 aromatic carbocycles. The predicted octanol–water partition coefficient (Wildman–Crippen LogP) is 3.31. The number of carbonyl (C=O) groups is 1. The number of rotatable bonds is 6. The number of halogens is 1. The molecule has 2 aliphatic carbocycles. The maximum atomic E-state index is 15.6. The average Bonchev–Trinajstić information content (AvgIpc) is 3.57. The van der Waals surface area contributed by atoms with Crippen molar-refractivity contribution in [2.24, 2.45) is 23.2 Å². The standard InChI is InChI=1S/C27H28FN4O4/c1-4-17-7-8-21(16(2)9-17)31(3)24-22(28)25(30-15-29-24)36-23-19-10-32(26(33)35-11-18-5-6-18)13-27(19)14-34-12-20(23)27/h1,7-9,15,18-20,23H,3,5-6,10-14H2,2H3/q+1. The number of amides is 1. The summed E-state index contributed by atoms with van der Waals surface area (Å²) in [5, 5.41) is 0. The van der Waals surface area contributed by atoms with Crippen molar-refractivity contribution in [2.75, 3.05) is 32.9 Å². The maximum Gasteiger partial charge on any atom is 0.409 e. The van der Waals surface area contributed by atoms with Gasteiger partial charge in [0.2, 0.25) is 6.33 Å². The van der Waals surface area contributed by atoms with Gasteiger partial charge in [0.15, 0.2) is 0 Å². The highest BCUT2D eigenvalue weighted by atomic mass is 19.1. The highest BCUT2D eigenvalue weighted by Crippen LogP contribution is 2.60. The van der Waals surface area contributed by atoms with Crippen molar-refractivity contribution >= 4 is 24.3 Å². The first-order chi connectivity index (χ1) is 17.4. The molecular weight excluding hydrogens is 463 g/mol. The summed E-state index contributed by atoms with van der Waals surface area (Å²) < 4.78 is 34.5. The number of terminal acetylenes is 1. The summed E-state index contributed by atoms with van der Waals surface area (Å²) in [5.41, 5.74) is 2.06. The number of aromatic nitrogens is 2. The Morgan fingerprint density at radius 2 is 2.22 bits per heavy atom. The van der Waals surface area contributed by atoms with Crippen LogP contribution < -0.4 is 9.31 Å². The first kappa shape index (κ1) is 22.9. The van der Waals surface area contributed by atoms with Crippen LogP contribution in [0.4, 0.5) is 20.7 Å². The maximum absolute atomic E-state index is 15.6. The first-order valence-corrected chi connectivity index (χ1v) is 12.3. The topological polar surface area (TPSA) is 76.8 Å². The molecule has 186 valence electrons.